The van der Waals surface area contributed by atoms with Crippen LogP contribution in [0.2, 0.25) is 0 Å². The molecular weight excluding hydrogens is 302 g/mol. The van der Waals surface area contributed by atoms with Gasteiger partial charge >= 0.3 is 0 Å². The molecule has 5 nitrogen and oxygen atoms in total. The lowest BCUT2D eigenvalue weighted by Crippen LogP contribution is -2.32. The molecule has 1 aromatic rings. The van der Waals surface area contributed by atoms with Gasteiger partial charge in [-0.3, -0.25) is 0 Å². The van der Waals surface area contributed by atoms with E-state index in [0.717, 1.165) is 49.0 Å². The van der Waals surface area contributed by atoms with Crippen LogP contribution < -0.4 is 9.47 Å². The minimum absolute atomic E-state index is 0.386. The third kappa shape index (κ3) is 2.20. The largest absolute Gasteiger partial charge is 0.493 e. The molecule has 0 radical (unpaired) electrons. The third-order valence-corrected chi connectivity index (χ3v) is 6.76. The molecule has 0 bridgehead atoms. The fraction of sp³-hybridized carbons (Fsp3) is 0.625. The molecule has 0 N–H and O–H groups in total. The predicted octanol–water partition coefficient (Wildman–Crippen LogP) is 2.12. The van der Waals surface area contributed by atoms with Crippen molar-refractivity contribution in [2.75, 3.05) is 26.3 Å². The van der Waals surface area contributed by atoms with E-state index in [1.807, 2.05) is 6.07 Å². The SMILES string of the molecule is O=S(=O)(c1c2c(cc3c1OCC3)OCC2)N1CCCCCC1. The van der Waals surface area contributed by atoms with Gasteiger partial charge in [-0.15, -0.1) is 0 Å². The van der Waals surface area contributed by atoms with Crippen molar-refractivity contribution in [3.05, 3.63) is 17.2 Å². The smallest absolute Gasteiger partial charge is 0.247 e. The summed E-state index contributed by atoms with van der Waals surface area (Å²) >= 11 is 0. The maximum atomic E-state index is 13.2. The summed E-state index contributed by atoms with van der Waals surface area (Å²) in [5.41, 5.74) is 1.78. The second-order valence-corrected chi connectivity index (χ2v) is 8.06. The molecule has 0 spiro atoms. The summed E-state index contributed by atoms with van der Waals surface area (Å²) in [5, 5.41) is 0. The van der Waals surface area contributed by atoms with Crippen molar-refractivity contribution in [2.45, 2.75) is 43.4 Å². The standard InChI is InChI=1S/C16H21NO4S/c18-22(19,17-7-3-1-2-4-8-17)16-13-6-10-20-14(13)11-12-5-9-21-15(12)16/h11H,1-10H2. The number of fused-ring (bicyclic) bond motifs is 2. The van der Waals surface area contributed by atoms with Crippen LogP contribution in [0, 0.1) is 0 Å². The van der Waals surface area contributed by atoms with Gasteiger partial charge in [-0.25, -0.2) is 8.42 Å². The van der Waals surface area contributed by atoms with Gasteiger partial charge in [0, 0.05) is 37.1 Å². The highest BCUT2D eigenvalue weighted by molar-refractivity contribution is 7.89. The molecule has 0 saturated carbocycles. The van der Waals surface area contributed by atoms with Gasteiger partial charge in [-0.1, -0.05) is 12.8 Å². The average molecular weight is 323 g/mol. The van der Waals surface area contributed by atoms with Gasteiger partial charge in [-0.2, -0.15) is 4.31 Å². The van der Waals surface area contributed by atoms with Gasteiger partial charge in [-0.05, 0) is 18.9 Å². The molecule has 22 heavy (non-hydrogen) atoms. The van der Waals surface area contributed by atoms with E-state index in [-0.39, 0.29) is 0 Å². The Labute approximate surface area is 131 Å². The minimum atomic E-state index is -3.51. The van der Waals surface area contributed by atoms with E-state index >= 15 is 0 Å². The number of rotatable bonds is 2. The van der Waals surface area contributed by atoms with Crippen molar-refractivity contribution in [3.63, 3.8) is 0 Å². The first kappa shape index (κ1) is 14.3. The molecule has 3 aliphatic rings. The molecule has 0 aliphatic carbocycles. The number of benzene rings is 1. The van der Waals surface area contributed by atoms with Crippen LogP contribution in [0.1, 0.15) is 36.8 Å². The predicted molar refractivity (Wildman–Crippen MR) is 82.1 cm³/mol. The van der Waals surface area contributed by atoms with Crippen molar-refractivity contribution in [1.29, 1.82) is 0 Å². The van der Waals surface area contributed by atoms with Crippen LogP contribution in [-0.4, -0.2) is 39.0 Å². The number of sulfonamides is 1. The number of ether oxygens (including phenoxy) is 2. The Hall–Kier alpha value is -1.27. The molecule has 0 unspecified atom stereocenters. The highest BCUT2D eigenvalue weighted by atomic mass is 32.2. The van der Waals surface area contributed by atoms with Crippen LogP contribution in [0.3, 0.4) is 0 Å². The Morgan fingerprint density at radius 3 is 2.45 bits per heavy atom. The Morgan fingerprint density at radius 1 is 0.955 bits per heavy atom. The van der Waals surface area contributed by atoms with Crippen molar-refractivity contribution < 1.29 is 17.9 Å². The quantitative estimate of drug-likeness (QED) is 0.836. The molecule has 0 atom stereocenters. The summed E-state index contributed by atoms with van der Waals surface area (Å²) in [7, 11) is -3.51. The summed E-state index contributed by atoms with van der Waals surface area (Å²) in [6.45, 7) is 2.34. The van der Waals surface area contributed by atoms with Gasteiger partial charge in [0.05, 0.1) is 13.2 Å². The van der Waals surface area contributed by atoms with E-state index in [4.69, 9.17) is 9.47 Å². The Kier molecular flexibility index (Phi) is 3.53. The van der Waals surface area contributed by atoms with Gasteiger partial charge in [0.2, 0.25) is 10.0 Å². The van der Waals surface area contributed by atoms with Crippen molar-refractivity contribution in [2.24, 2.45) is 0 Å². The zero-order valence-electron chi connectivity index (χ0n) is 12.6. The molecule has 120 valence electrons. The second-order valence-electron chi connectivity index (χ2n) is 6.19. The van der Waals surface area contributed by atoms with E-state index in [1.54, 1.807) is 4.31 Å². The Balaban J connectivity index is 1.84. The normalized spacial score (nSPS) is 21.6. The Bertz CT molecular complexity index is 658. The molecule has 6 heteroatoms. The number of hydrogen-bond acceptors (Lipinski definition) is 4. The fourth-order valence-corrected chi connectivity index (χ4v) is 5.56. The third-order valence-electron chi connectivity index (χ3n) is 4.77. The van der Waals surface area contributed by atoms with Crippen LogP contribution in [0.5, 0.6) is 11.5 Å². The summed E-state index contributed by atoms with van der Waals surface area (Å²) in [6, 6.07) is 1.96. The first-order chi connectivity index (χ1) is 10.7. The minimum Gasteiger partial charge on any atom is -0.493 e. The lowest BCUT2D eigenvalue weighted by atomic mass is 10.1. The van der Waals surface area contributed by atoms with Crippen molar-refractivity contribution >= 4 is 10.0 Å². The van der Waals surface area contributed by atoms with Crippen molar-refractivity contribution in [1.82, 2.24) is 4.31 Å². The molecule has 3 aliphatic heterocycles. The maximum absolute atomic E-state index is 13.2. The van der Waals surface area contributed by atoms with E-state index in [2.05, 4.69) is 0 Å². The van der Waals surface area contributed by atoms with Crippen LogP contribution in [0.4, 0.5) is 0 Å². The van der Waals surface area contributed by atoms with Gasteiger partial charge in [0.25, 0.3) is 0 Å². The molecule has 0 aromatic heterocycles. The highest BCUT2D eigenvalue weighted by Gasteiger charge is 2.37. The molecule has 0 amide bonds. The highest BCUT2D eigenvalue weighted by Crippen LogP contribution is 2.44. The summed E-state index contributed by atoms with van der Waals surface area (Å²) < 4.78 is 39.5. The zero-order valence-corrected chi connectivity index (χ0v) is 13.5. The van der Waals surface area contributed by atoms with E-state index in [1.165, 1.54) is 0 Å². The lowest BCUT2D eigenvalue weighted by molar-refractivity contribution is 0.345. The van der Waals surface area contributed by atoms with E-state index < -0.39 is 10.0 Å². The maximum Gasteiger partial charge on any atom is 0.247 e. The monoisotopic (exact) mass is 323 g/mol. The summed E-state index contributed by atoms with van der Waals surface area (Å²) in [6.07, 6.45) is 5.50. The van der Waals surface area contributed by atoms with Crippen molar-refractivity contribution in [3.8, 4) is 11.5 Å². The van der Waals surface area contributed by atoms with Crippen LogP contribution in [0.25, 0.3) is 0 Å². The van der Waals surface area contributed by atoms with Gasteiger partial charge < -0.3 is 9.47 Å². The first-order valence-electron chi connectivity index (χ1n) is 8.12. The average Bonchev–Trinajstić information content (AvgIpc) is 3.05. The zero-order chi connectivity index (χ0) is 15.2. The van der Waals surface area contributed by atoms with Crippen LogP contribution >= 0.6 is 0 Å². The summed E-state index contributed by atoms with van der Waals surface area (Å²) in [4.78, 5) is 0.386. The molecule has 1 fully saturated rings. The molecule has 3 heterocycles. The number of nitrogens with zero attached hydrogens (tertiary/aromatic N) is 1. The van der Waals surface area contributed by atoms with Crippen LogP contribution in [0.15, 0.2) is 11.0 Å². The molecular formula is C16H21NO4S. The second kappa shape index (κ2) is 5.42. The molecule has 1 saturated heterocycles. The molecule has 4 rings (SSSR count). The van der Waals surface area contributed by atoms with Gasteiger partial charge in [0.1, 0.15) is 16.4 Å². The lowest BCUT2D eigenvalue weighted by Gasteiger charge is -2.22. The Morgan fingerprint density at radius 2 is 1.68 bits per heavy atom. The van der Waals surface area contributed by atoms with E-state index in [9.17, 15) is 8.42 Å². The van der Waals surface area contributed by atoms with E-state index in [0.29, 0.717) is 43.4 Å². The topological polar surface area (TPSA) is 55.8 Å². The molecule has 1 aromatic carbocycles. The first-order valence-corrected chi connectivity index (χ1v) is 9.56. The van der Waals surface area contributed by atoms with Gasteiger partial charge in [0.15, 0.2) is 0 Å². The number of hydrogen-bond donors (Lipinski definition) is 0. The summed E-state index contributed by atoms with van der Waals surface area (Å²) in [5.74, 6) is 1.31. The van der Waals surface area contributed by atoms with Crippen LogP contribution in [-0.2, 0) is 22.9 Å². The fourth-order valence-electron chi connectivity index (χ4n) is 3.63.